The number of hydrogen-bond acceptors (Lipinski definition) is 4. The van der Waals surface area contributed by atoms with Gasteiger partial charge in [0.05, 0.1) is 23.9 Å². The molecule has 0 saturated carbocycles. The standard InChI is InChI=1S/C19H19N3O4S/c23-18(12-17-15-4-1-2-5-16(15)19(24)21-17)20-13-6-8-14(9-7-13)22-10-3-11-27(22,25)26/h1-2,4-9,17H,3,10-12H2,(H,20,23)(H,21,24)/t17-/m0/s1. The quantitative estimate of drug-likeness (QED) is 0.842. The van der Waals surface area contributed by atoms with Crippen LogP contribution < -0.4 is 14.9 Å². The average Bonchev–Trinajstić information content (AvgIpc) is 3.15. The highest BCUT2D eigenvalue weighted by Gasteiger charge is 2.30. The molecule has 0 aromatic heterocycles. The predicted octanol–water partition coefficient (Wildman–Crippen LogP) is 2.04. The minimum Gasteiger partial charge on any atom is -0.345 e. The molecule has 1 saturated heterocycles. The lowest BCUT2D eigenvalue weighted by Gasteiger charge is -2.17. The second-order valence-corrected chi connectivity index (χ2v) is 8.67. The molecule has 7 nitrogen and oxygen atoms in total. The number of amides is 2. The number of hydrogen-bond donors (Lipinski definition) is 2. The first kappa shape index (κ1) is 17.5. The van der Waals surface area contributed by atoms with Crippen molar-refractivity contribution in [2.24, 2.45) is 0 Å². The first-order valence-corrected chi connectivity index (χ1v) is 10.3. The highest BCUT2D eigenvalue weighted by molar-refractivity contribution is 7.93. The van der Waals surface area contributed by atoms with Crippen molar-refractivity contribution in [2.75, 3.05) is 21.9 Å². The fourth-order valence-electron chi connectivity index (χ4n) is 3.52. The van der Waals surface area contributed by atoms with Crippen LogP contribution in [0, 0.1) is 0 Å². The van der Waals surface area contributed by atoms with Crippen LogP contribution >= 0.6 is 0 Å². The number of rotatable bonds is 4. The molecule has 2 aliphatic heterocycles. The van der Waals surface area contributed by atoms with Crippen LogP contribution in [0.15, 0.2) is 48.5 Å². The second-order valence-electron chi connectivity index (χ2n) is 6.65. The lowest BCUT2D eigenvalue weighted by molar-refractivity contribution is -0.116. The topological polar surface area (TPSA) is 95.6 Å². The summed E-state index contributed by atoms with van der Waals surface area (Å²) in [5.41, 5.74) is 2.61. The van der Waals surface area contributed by atoms with E-state index >= 15 is 0 Å². The van der Waals surface area contributed by atoms with Crippen molar-refractivity contribution >= 4 is 33.2 Å². The molecule has 140 valence electrons. The summed E-state index contributed by atoms with van der Waals surface area (Å²) in [4.78, 5) is 24.3. The van der Waals surface area contributed by atoms with Crippen LogP contribution in [0.5, 0.6) is 0 Å². The smallest absolute Gasteiger partial charge is 0.252 e. The molecule has 1 atom stereocenters. The molecule has 2 aromatic carbocycles. The van der Waals surface area contributed by atoms with Crippen LogP contribution in [0.4, 0.5) is 11.4 Å². The molecule has 2 amide bonds. The largest absolute Gasteiger partial charge is 0.345 e. The average molecular weight is 385 g/mol. The van der Waals surface area contributed by atoms with Gasteiger partial charge in [0.15, 0.2) is 0 Å². The van der Waals surface area contributed by atoms with E-state index in [0.29, 0.717) is 29.9 Å². The van der Waals surface area contributed by atoms with Gasteiger partial charge < -0.3 is 10.6 Å². The molecule has 8 heteroatoms. The number of benzene rings is 2. The third-order valence-electron chi connectivity index (χ3n) is 4.81. The van der Waals surface area contributed by atoms with Crippen LogP contribution in [-0.4, -0.2) is 32.5 Å². The van der Waals surface area contributed by atoms with Gasteiger partial charge in [0.1, 0.15) is 0 Å². The van der Waals surface area contributed by atoms with Crippen LogP contribution in [-0.2, 0) is 14.8 Å². The fraction of sp³-hybridized carbons (Fsp3) is 0.263. The van der Waals surface area contributed by atoms with Crippen LogP contribution in [0.25, 0.3) is 0 Å². The fourth-order valence-corrected chi connectivity index (χ4v) is 5.08. The van der Waals surface area contributed by atoms with Gasteiger partial charge in [0.25, 0.3) is 5.91 Å². The highest BCUT2D eigenvalue weighted by atomic mass is 32.2. The maximum Gasteiger partial charge on any atom is 0.252 e. The van der Waals surface area contributed by atoms with E-state index in [2.05, 4.69) is 10.6 Å². The summed E-state index contributed by atoms with van der Waals surface area (Å²) in [7, 11) is -3.22. The van der Waals surface area contributed by atoms with Crippen molar-refractivity contribution in [1.82, 2.24) is 5.32 Å². The molecule has 2 heterocycles. The maximum absolute atomic E-state index is 12.4. The Labute approximate surface area is 157 Å². The van der Waals surface area contributed by atoms with E-state index in [1.807, 2.05) is 12.1 Å². The lowest BCUT2D eigenvalue weighted by atomic mass is 10.0. The Morgan fingerprint density at radius 2 is 1.89 bits per heavy atom. The summed E-state index contributed by atoms with van der Waals surface area (Å²) in [6, 6.07) is 13.6. The Balaban J connectivity index is 1.41. The molecule has 0 bridgehead atoms. The van der Waals surface area contributed by atoms with Crippen LogP contribution in [0.3, 0.4) is 0 Å². The Bertz CT molecular complexity index is 1000. The SMILES string of the molecule is O=C(C[C@@H]1NC(=O)c2ccccc21)Nc1ccc(N2CCCS2(=O)=O)cc1. The van der Waals surface area contributed by atoms with E-state index in [0.717, 1.165) is 5.56 Å². The normalized spacial score (nSPS) is 20.2. The van der Waals surface area contributed by atoms with Gasteiger partial charge in [-0.25, -0.2) is 8.42 Å². The minimum absolute atomic E-state index is 0.130. The Morgan fingerprint density at radius 1 is 1.15 bits per heavy atom. The first-order chi connectivity index (χ1) is 12.9. The summed E-state index contributed by atoms with van der Waals surface area (Å²) in [6.07, 6.45) is 0.750. The van der Waals surface area contributed by atoms with Gasteiger partial charge >= 0.3 is 0 Å². The second kappa shape index (κ2) is 6.70. The third-order valence-corrected chi connectivity index (χ3v) is 6.68. The van der Waals surface area contributed by atoms with Gasteiger partial charge in [-0.1, -0.05) is 18.2 Å². The van der Waals surface area contributed by atoms with Crippen LogP contribution in [0.2, 0.25) is 0 Å². The van der Waals surface area contributed by atoms with E-state index < -0.39 is 10.0 Å². The molecule has 0 aliphatic carbocycles. The molecule has 0 spiro atoms. The number of fused-ring (bicyclic) bond motifs is 1. The first-order valence-electron chi connectivity index (χ1n) is 8.74. The molecule has 0 unspecified atom stereocenters. The Hall–Kier alpha value is -2.87. The number of sulfonamides is 1. The van der Waals surface area contributed by atoms with E-state index in [1.165, 1.54) is 4.31 Å². The van der Waals surface area contributed by atoms with Crippen molar-refractivity contribution in [1.29, 1.82) is 0 Å². The zero-order valence-corrected chi connectivity index (χ0v) is 15.3. The zero-order valence-electron chi connectivity index (χ0n) is 14.5. The summed E-state index contributed by atoms with van der Waals surface area (Å²) in [6.45, 7) is 0.481. The van der Waals surface area contributed by atoms with Crippen molar-refractivity contribution < 1.29 is 18.0 Å². The number of carbonyl (C=O) groups excluding carboxylic acids is 2. The molecular formula is C19H19N3O4S. The van der Waals surface area contributed by atoms with Crippen LogP contribution in [0.1, 0.15) is 34.8 Å². The Morgan fingerprint density at radius 3 is 2.59 bits per heavy atom. The summed E-state index contributed by atoms with van der Waals surface area (Å²) in [5, 5.41) is 5.61. The Kier molecular flexibility index (Phi) is 4.35. The number of anilines is 2. The summed E-state index contributed by atoms with van der Waals surface area (Å²) in [5.74, 6) is -0.224. The third kappa shape index (κ3) is 3.40. The molecule has 4 rings (SSSR count). The van der Waals surface area contributed by atoms with Gasteiger partial charge in [0, 0.05) is 17.8 Å². The highest BCUT2D eigenvalue weighted by Crippen LogP contribution is 2.28. The number of nitrogens with zero attached hydrogens (tertiary/aromatic N) is 1. The van der Waals surface area contributed by atoms with E-state index in [1.54, 1.807) is 36.4 Å². The van der Waals surface area contributed by atoms with Crippen molar-refractivity contribution in [3.8, 4) is 0 Å². The van der Waals surface area contributed by atoms with Gasteiger partial charge in [-0.3, -0.25) is 13.9 Å². The number of carbonyl (C=O) groups is 2. The minimum atomic E-state index is -3.22. The van der Waals surface area contributed by atoms with Gasteiger partial charge in [-0.05, 0) is 42.3 Å². The van der Waals surface area contributed by atoms with Crippen molar-refractivity contribution in [2.45, 2.75) is 18.9 Å². The van der Waals surface area contributed by atoms with Crippen molar-refractivity contribution in [3.05, 3.63) is 59.7 Å². The molecule has 2 aliphatic rings. The molecule has 1 fully saturated rings. The molecular weight excluding hydrogens is 366 g/mol. The van der Waals surface area contributed by atoms with Gasteiger partial charge in [0.2, 0.25) is 15.9 Å². The van der Waals surface area contributed by atoms with Gasteiger partial charge in [-0.2, -0.15) is 0 Å². The molecule has 2 N–H and O–H groups in total. The summed E-state index contributed by atoms with van der Waals surface area (Å²) < 4.78 is 25.3. The predicted molar refractivity (Wildman–Crippen MR) is 102 cm³/mol. The van der Waals surface area contributed by atoms with Gasteiger partial charge in [-0.15, -0.1) is 0 Å². The van der Waals surface area contributed by atoms with E-state index in [-0.39, 0.29) is 30.0 Å². The van der Waals surface area contributed by atoms with E-state index in [9.17, 15) is 18.0 Å². The van der Waals surface area contributed by atoms with E-state index in [4.69, 9.17) is 0 Å². The molecule has 2 aromatic rings. The monoisotopic (exact) mass is 385 g/mol. The lowest BCUT2D eigenvalue weighted by Crippen LogP contribution is -2.25. The number of nitrogens with one attached hydrogen (secondary N) is 2. The zero-order chi connectivity index (χ0) is 19.0. The molecule has 0 radical (unpaired) electrons. The van der Waals surface area contributed by atoms with Crippen molar-refractivity contribution in [3.63, 3.8) is 0 Å². The summed E-state index contributed by atoms with van der Waals surface area (Å²) >= 11 is 0. The molecule has 27 heavy (non-hydrogen) atoms. The maximum atomic E-state index is 12.4.